The Hall–Kier alpha value is -0.430. The molecule has 17 heavy (non-hydrogen) atoms. The molecule has 0 fully saturated rings. The maximum absolute atomic E-state index is 12.1. The Morgan fingerprint density at radius 2 is 2.18 bits per heavy atom. The normalized spacial score (nSPS) is 13.6. The van der Waals surface area contributed by atoms with Gasteiger partial charge in [-0.15, -0.1) is 0 Å². The Morgan fingerprint density at radius 3 is 2.71 bits per heavy atom. The molecule has 3 N–H and O–H groups in total. The van der Waals surface area contributed by atoms with Crippen molar-refractivity contribution in [3.05, 3.63) is 23.2 Å². The van der Waals surface area contributed by atoms with E-state index in [-0.39, 0.29) is 21.6 Å². The Morgan fingerprint density at radius 1 is 1.53 bits per heavy atom. The minimum atomic E-state index is -3.66. The smallest absolute Gasteiger partial charge is 0.244 e. The lowest BCUT2D eigenvalue weighted by Gasteiger charge is -2.15. The van der Waals surface area contributed by atoms with E-state index in [1.807, 2.05) is 6.26 Å². The molecule has 1 aromatic carbocycles. The first kappa shape index (κ1) is 14.6. The summed E-state index contributed by atoms with van der Waals surface area (Å²) in [5, 5.41) is 0.133. The average molecular weight is 295 g/mol. The van der Waals surface area contributed by atoms with Crippen molar-refractivity contribution in [1.82, 2.24) is 4.72 Å². The summed E-state index contributed by atoms with van der Waals surface area (Å²) in [5.41, 5.74) is 5.80. The third-order valence-electron chi connectivity index (χ3n) is 2.04. The van der Waals surface area contributed by atoms with E-state index in [4.69, 9.17) is 17.3 Å². The summed E-state index contributed by atoms with van der Waals surface area (Å²) in [6.07, 6.45) is 1.91. The molecular formula is C10H15ClN2O2S2. The van der Waals surface area contributed by atoms with Gasteiger partial charge >= 0.3 is 0 Å². The van der Waals surface area contributed by atoms with Crippen molar-refractivity contribution in [2.75, 3.05) is 17.7 Å². The third kappa shape index (κ3) is 3.77. The third-order valence-corrected chi connectivity index (χ3v) is 5.01. The largest absolute Gasteiger partial charge is 0.398 e. The van der Waals surface area contributed by atoms with Crippen LogP contribution in [0.15, 0.2) is 23.1 Å². The number of hydrogen-bond donors (Lipinski definition) is 2. The van der Waals surface area contributed by atoms with Crippen LogP contribution in [-0.4, -0.2) is 26.5 Å². The second-order valence-electron chi connectivity index (χ2n) is 3.64. The van der Waals surface area contributed by atoms with E-state index < -0.39 is 10.0 Å². The van der Waals surface area contributed by atoms with Gasteiger partial charge in [0.05, 0.1) is 10.7 Å². The highest BCUT2D eigenvalue weighted by Crippen LogP contribution is 2.27. The fraction of sp³-hybridized carbons (Fsp3) is 0.400. The Bertz CT molecular complexity index is 471. The number of hydrogen-bond acceptors (Lipinski definition) is 4. The van der Waals surface area contributed by atoms with Gasteiger partial charge in [0.15, 0.2) is 0 Å². The van der Waals surface area contributed by atoms with Crippen LogP contribution in [-0.2, 0) is 10.0 Å². The summed E-state index contributed by atoms with van der Waals surface area (Å²) in [6, 6.07) is 4.46. The van der Waals surface area contributed by atoms with Gasteiger partial charge in [0.25, 0.3) is 0 Å². The van der Waals surface area contributed by atoms with Gasteiger partial charge in [-0.1, -0.05) is 17.7 Å². The highest BCUT2D eigenvalue weighted by atomic mass is 35.5. The number of halogens is 1. The van der Waals surface area contributed by atoms with Crippen LogP contribution >= 0.6 is 23.4 Å². The van der Waals surface area contributed by atoms with Crippen LogP contribution in [0.25, 0.3) is 0 Å². The molecule has 96 valence electrons. The molecule has 0 aliphatic carbocycles. The van der Waals surface area contributed by atoms with Crippen molar-refractivity contribution in [3.63, 3.8) is 0 Å². The summed E-state index contributed by atoms with van der Waals surface area (Å²) in [6.45, 7) is 1.79. The van der Waals surface area contributed by atoms with E-state index >= 15 is 0 Å². The van der Waals surface area contributed by atoms with Crippen LogP contribution in [0.2, 0.25) is 5.02 Å². The summed E-state index contributed by atoms with van der Waals surface area (Å²) in [4.78, 5) is -0.0466. The predicted octanol–water partition coefficient (Wildman–Crippen LogP) is 1.95. The minimum Gasteiger partial charge on any atom is -0.398 e. The number of benzene rings is 1. The molecule has 0 saturated heterocycles. The number of sulfonamides is 1. The van der Waals surface area contributed by atoms with E-state index in [0.717, 1.165) is 0 Å². The zero-order valence-corrected chi connectivity index (χ0v) is 12.0. The molecule has 0 heterocycles. The second kappa shape index (κ2) is 5.95. The van der Waals surface area contributed by atoms with Crippen molar-refractivity contribution < 1.29 is 8.42 Å². The van der Waals surface area contributed by atoms with Gasteiger partial charge in [0.2, 0.25) is 10.0 Å². The zero-order valence-electron chi connectivity index (χ0n) is 9.60. The molecule has 1 rings (SSSR count). The number of nitrogens with two attached hydrogens (primary N) is 1. The Labute approximate surface area is 111 Å². The highest BCUT2D eigenvalue weighted by Gasteiger charge is 2.22. The molecule has 7 heteroatoms. The molecule has 1 atom stereocenters. The van der Waals surface area contributed by atoms with E-state index in [0.29, 0.717) is 5.75 Å². The Kier molecular flexibility index (Phi) is 5.12. The molecule has 4 nitrogen and oxygen atoms in total. The van der Waals surface area contributed by atoms with Gasteiger partial charge in [0.1, 0.15) is 4.90 Å². The topological polar surface area (TPSA) is 72.2 Å². The van der Waals surface area contributed by atoms with Gasteiger partial charge in [0, 0.05) is 11.8 Å². The summed E-state index contributed by atoms with van der Waals surface area (Å²) in [7, 11) is -3.66. The van der Waals surface area contributed by atoms with Gasteiger partial charge in [-0.05, 0) is 25.3 Å². The van der Waals surface area contributed by atoms with Crippen LogP contribution < -0.4 is 10.5 Å². The molecule has 0 aromatic heterocycles. The first-order chi connectivity index (χ1) is 7.88. The summed E-state index contributed by atoms with van der Waals surface area (Å²) in [5.74, 6) is 0.684. The number of rotatable bonds is 5. The van der Waals surface area contributed by atoms with E-state index in [1.54, 1.807) is 24.8 Å². The maximum Gasteiger partial charge on any atom is 0.244 e. The van der Waals surface area contributed by atoms with Crippen molar-refractivity contribution >= 4 is 39.1 Å². The number of thioether (sulfide) groups is 1. The number of nitrogens with one attached hydrogen (secondary N) is 1. The molecule has 0 spiro atoms. The van der Waals surface area contributed by atoms with E-state index in [9.17, 15) is 8.42 Å². The molecule has 1 aromatic rings. The molecule has 0 saturated carbocycles. The van der Waals surface area contributed by atoms with Crippen LogP contribution in [0.3, 0.4) is 0 Å². The van der Waals surface area contributed by atoms with Gasteiger partial charge in [-0.25, -0.2) is 13.1 Å². The lowest BCUT2D eigenvalue weighted by Crippen LogP contribution is -2.34. The van der Waals surface area contributed by atoms with Crippen LogP contribution in [0.1, 0.15) is 6.92 Å². The second-order valence-corrected chi connectivity index (χ2v) is 6.60. The first-order valence-electron chi connectivity index (χ1n) is 4.93. The van der Waals surface area contributed by atoms with E-state index in [1.165, 1.54) is 12.1 Å². The van der Waals surface area contributed by atoms with Crippen molar-refractivity contribution in [2.24, 2.45) is 0 Å². The van der Waals surface area contributed by atoms with Gasteiger partial charge in [-0.2, -0.15) is 11.8 Å². The molecule has 0 amide bonds. The molecule has 0 aliphatic rings. The SMILES string of the molecule is CSCC(C)NS(=O)(=O)c1c(N)cccc1Cl. The average Bonchev–Trinajstić information content (AvgIpc) is 2.15. The number of nitrogen functional groups attached to an aromatic ring is 1. The zero-order chi connectivity index (χ0) is 13.1. The van der Waals surface area contributed by atoms with Gasteiger partial charge in [-0.3, -0.25) is 0 Å². The fourth-order valence-corrected chi connectivity index (χ4v) is 4.03. The standard InChI is InChI=1S/C10H15ClN2O2S2/c1-7(6-16-2)13-17(14,15)10-8(11)4-3-5-9(10)12/h3-5,7,13H,6,12H2,1-2H3. The van der Waals surface area contributed by atoms with Crippen LogP contribution in [0.5, 0.6) is 0 Å². The summed E-state index contributed by atoms with van der Waals surface area (Å²) >= 11 is 7.43. The first-order valence-corrected chi connectivity index (χ1v) is 8.19. The molecule has 0 radical (unpaired) electrons. The lowest BCUT2D eigenvalue weighted by atomic mass is 10.3. The predicted molar refractivity (Wildman–Crippen MR) is 74.0 cm³/mol. The minimum absolute atomic E-state index is 0.0466. The van der Waals surface area contributed by atoms with Crippen molar-refractivity contribution in [2.45, 2.75) is 17.9 Å². The lowest BCUT2D eigenvalue weighted by molar-refractivity contribution is 0.571. The molecular weight excluding hydrogens is 280 g/mol. The highest BCUT2D eigenvalue weighted by molar-refractivity contribution is 7.98. The van der Waals surface area contributed by atoms with E-state index in [2.05, 4.69) is 4.72 Å². The van der Waals surface area contributed by atoms with Gasteiger partial charge < -0.3 is 5.73 Å². The van der Waals surface area contributed by atoms with Crippen molar-refractivity contribution in [1.29, 1.82) is 0 Å². The number of anilines is 1. The monoisotopic (exact) mass is 294 g/mol. The van der Waals surface area contributed by atoms with Crippen LogP contribution in [0.4, 0.5) is 5.69 Å². The summed E-state index contributed by atoms with van der Waals surface area (Å²) < 4.78 is 26.7. The molecule has 0 bridgehead atoms. The quantitative estimate of drug-likeness (QED) is 0.814. The Balaban J connectivity index is 3.06. The maximum atomic E-state index is 12.1. The van der Waals surface area contributed by atoms with Crippen LogP contribution in [0, 0.1) is 0 Å². The molecule has 1 unspecified atom stereocenters. The molecule has 0 aliphatic heterocycles. The van der Waals surface area contributed by atoms with Crippen molar-refractivity contribution in [3.8, 4) is 0 Å². The fourth-order valence-electron chi connectivity index (χ4n) is 1.42.